The Morgan fingerprint density at radius 3 is 2.36 bits per heavy atom. The Balaban J connectivity index is 1.45. The van der Waals surface area contributed by atoms with Crippen molar-refractivity contribution in [2.45, 2.75) is 6.92 Å². The molecular weight excluding hydrogens is 420 g/mol. The van der Waals surface area contributed by atoms with Crippen LogP contribution in [0.5, 0.6) is 0 Å². The third kappa shape index (κ3) is 3.23. The van der Waals surface area contributed by atoms with E-state index in [0.29, 0.717) is 33.9 Å². The van der Waals surface area contributed by atoms with Crippen molar-refractivity contribution >= 4 is 23.7 Å². The molecule has 0 bridgehead atoms. The van der Waals surface area contributed by atoms with Crippen molar-refractivity contribution < 1.29 is 14.0 Å². The number of amides is 2. The molecule has 164 valence electrons. The molecule has 0 fully saturated rings. The molecule has 0 atom stereocenters. The van der Waals surface area contributed by atoms with Crippen LogP contribution in [0.3, 0.4) is 0 Å². The van der Waals surface area contributed by atoms with Crippen LogP contribution in [0.25, 0.3) is 17.0 Å². The monoisotopic (exact) mass is 440 g/mol. The predicted octanol–water partition coefficient (Wildman–Crippen LogP) is 3.72. The van der Waals surface area contributed by atoms with Crippen molar-refractivity contribution in [1.82, 2.24) is 14.3 Å². The van der Waals surface area contributed by atoms with Crippen molar-refractivity contribution in [1.29, 1.82) is 0 Å². The number of hydrogen-bond acceptors (Lipinski definition) is 5. The van der Waals surface area contributed by atoms with E-state index in [1.165, 1.54) is 13.3 Å². The highest BCUT2D eigenvalue weighted by atomic mass is 16.3. The molecule has 2 amide bonds. The fourth-order valence-electron chi connectivity index (χ4n) is 3.92. The number of imide groups is 1. The highest BCUT2D eigenvalue weighted by Gasteiger charge is 2.32. The fraction of sp³-hybridized carbons (Fsp3) is 0.120. The Morgan fingerprint density at radius 2 is 1.61 bits per heavy atom. The van der Waals surface area contributed by atoms with E-state index in [0.717, 1.165) is 16.3 Å². The van der Waals surface area contributed by atoms with E-state index >= 15 is 0 Å². The standard InChI is InChI=1S/C25H20N4O4/c1-15-22(25(32)29(28(15)3)17-7-5-4-6-8-17)26-14-18-10-12-21(33-18)16-9-11-19-20(13-16)24(31)27(2)23(19)30/h4-14H,1-3H3. The van der Waals surface area contributed by atoms with Crippen LogP contribution >= 0.6 is 0 Å². The summed E-state index contributed by atoms with van der Waals surface area (Å²) in [5.41, 5.74) is 2.98. The molecule has 0 N–H and O–H groups in total. The van der Waals surface area contributed by atoms with Crippen LogP contribution in [0.1, 0.15) is 32.2 Å². The third-order valence-corrected chi connectivity index (χ3v) is 5.85. The van der Waals surface area contributed by atoms with Crippen molar-refractivity contribution in [2.24, 2.45) is 12.0 Å². The van der Waals surface area contributed by atoms with Gasteiger partial charge in [0, 0.05) is 19.7 Å². The first kappa shape index (κ1) is 20.4. The molecule has 8 nitrogen and oxygen atoms in total. The van der Waals surface area contributed by atoms with Gasteiger partial charge >= 0.3 is 0 Å². The van der Waals surface area contributed by atoms with Gasteiger partial charge in [-0.1, -0.05) is 24.3 Å². The van der Waals surface area contributed by atoms with Gasteiger partial charge in [-0.3, -0.25) is 24.0 Å². The molecule has 2 aromatic heterocycles. The summed E-state index contributed by atoms with van der Waals surface area (Å²) in [5.74, 6) is 0.340. The van der Waals surface area contributed by atoms with Crippen LogP contribution in [0, 0.1) is 6.92 Å². The molecule has 0 aliphatic carbocycles. The van der Waals surface area contributed by atoms with E-state index in [1.807, 2.05) is 44.3 Å². The largest absolute Gasteiger partial charge is 0.455 e. The number of aliphatic imine (C=N–C) groups is 1. The molecule has 0 unspecified atom stereocenters. The molecule has 0 saturated carbocycles. The van der Waals surface area contributed by atoms with Gasteiger partial charge in [0.2, 0.25) is 0 Å². The topological polar surface area (TPSA) is 89.8 Å². The summed E-state index contributed by atoms with van der Waals surface area (Å²) in [5, 5.41) is 0. The SMILES string of the molecule is Cc1c(N=Cc2ccc(-c3ccc4c(c3)C(=O)N(C)C4=O)o2)c(=O)n(-c2ccccc2)n1C. The van der Waals surface area contributed by atoms with E-state index in [1.54, 1.807) is 39.7 Å². The van der Waals surface area contributed by atoms with E-state index in [2.05, 4.69) is 4.99 Å². The van der Waals surface area contributed by atoms with Crippen LogP contribution in [-0.2, 0) is 7.05 Å². The number of carbonyl (C=O) groups is 2. The quantitative estimate of drug-likeness (QED) is 0.357. The van der Waals surface area contributed by atoms with Crippen molar-refractivity contribution in [3.63, 3.8) is 0 Å². The first-order valence-electron chi connectivity index (χ1n) is 10.3. The number of furan rings is 1. The summed E-state index contributed by atoms with van der Waals surface area (Å²) in [6.45, 7) is 1.83. The molecule has 0 radical (unpaired) electrons. The van der Waals surface area contributed by atoms with Crippen LogP contribution in [0.15, 0.2) is 74.9 Å². The van der Waals surface area contributed by atoms with E-state index in [4.69, 9.17) is 4.42 Å². The van der Waals surface area contributed by atoms with Crippen molar-refractivity contribution in [3.8, 4) is 17.0 Å². The van der Waals surface area contributed by atoms with Crippen LogP contribution < -0.4 is 5.56 Å². The molecular formula is C25H20N4O4. The number of aromatic nitrogens is 2. The maximum absolute atomic E-state index is 13.0. The zero-order valence-corrected chi connectivity index (χ0v) is 18.3. The van der Waals surface area contributed by atoms with Gasteiger partial charge in [0.25, 0.3) is 17.4 Å². The number of hydrogen-bond donors (Lipinski definition) is 0. The summed E-state index contributed by atoms with van der Waals surface area (Å²) in [6.07, 6.45) is 1.50. The fourth-order valence-corrected chi connectivity index (χ4v) is 3.92. The van der Waals surface area contributed by atoms with E-state index in [-0.39, 0.29) is 17.4 Å². The van der Waals surface area contributed by atoms with Crippen molar-refractivity contribution in [3.05, 3.63) is 93.6 Å². The van der Waals surface area contributed by atoms with Gasteiger partial charge in [0.1, 0.15) is 11.5 Å². The molecule has 2 aromatic carbocycles. The Kier molecular flexibility index (Phi) is 4.70. The maximum Gasteiger partial charge on any atom is 0.297 e. The number of carbonyl (C=O) groups excluding carboxylic acids is 2. The minimum atomic E-state index is -0.334. The highest BCUT2D eigenvalue weighted by Crippen LogP contribution is 2.29. The lowest BCUT2D eigenvalue weighted by atomic mass is 10.0. The Hall–Kier alpha value is -4.46. The Labute approximate surface area is 189 Å². The number of fused-ring (bicyclic) bond motifs is 1. The lowest BCUT2D eigenvalue weighted by Gasteiger charge is -2.07. The summed E-state index contributed by atoms with van der Waals surface area (Å²) >= 11 is 0. The summed E-state index contributed by atoms with van der Waals surface area (Å²) in [6, 6.07) is 17.9. The highest BCUT2D eigenvalue weighted by molar-refractivity contribution is 6.21. The minimum absolute atomic E-state index is 0.227. The van der Waals surface area contributed by atoms with Gasteiger partial charge in [-0.25, -0.2) is 9.67 Å². The molecule has 1 aliphatic rings. The zero-order valence-electron chi connectivity index (χ0n) is 18.3. The molecule has 5 rings (SSSR count). The molecule has 8 heteroatoms. The molecule has 4 aromatic rings. The summed E-state index contributed by atoms with van der Waals surface area (Å²) < 4.78 is 9.19. The summed E-state index contributed by atoms with van der Waals surface area (Å²) in [4.78, 5) is 42.8. The second-order valence-corrected chi connectivity index (χ2v) is 7.80. The number of nitrogens with zero attached hydrogens (tertiary/aromatic N) is 4. The molecule has 0 spiro atoms. The smallest absolute Gasteiger partial charge is 0.297 e. The van der Waals surface area contributed by atoms with E-state index in [9.17, 15) is 14.4 Å². The number of benzene rings is 2. The summed E-state index contributed by atoms with van der Waals surface area (Å²) in [7, 11) is 3.27. The zero-order chi connectivity index (χ0) is 23.3. The molecule has 0 saturated heterocycles. The van der Waals surface area contributed by atoms with Crippen molar-refractivity contribution in [2.75, 3.05) is 7.05 Å². The number of rotatable bonds is 4. The Bertz CT molecular complexity index is 1510. The number of para-hydroxylation sites is 1. The minimum Gasteiger partial charge on any atom is -0.455 e. The van der Waals surface area contributed by atoms with Gasteiger partial charge < -0.3 is 4.42 Å². The normalized spacial score (nSPS) is 13.4. The van der Waals surface area contributed by atoms with Crippen LogP contribution in [0.4, 0.5) is 5.69 Å². The van der Waals surface area contributed by atoms with Crippen LogP contribution in [0.2, 0.25) is 0 Å². The lowest BCUT2D eigenvalue weighted by molar-refractivity contribution is 0.0693. The maximum atomic E-state index is 13.0. The first-order valence-corrected chi connectivity index (χ1v) is 10.3. The molecule has 3 heterocycles. The van der Waals surface area contributed by atoms with Crippen LogP contribution in [-0.4, -0.2) is 39.3 Å². The van der Waals surface area contributed by atoms with Gasteiger partial charge in [0.05, 0.1) is 28.7 Å². The van der Waals surface area contributed by atoms with E-state index < -0.39 is 0 Å². The predicted molar refractivity (Wildman–Crippen MR) is 124 cm³/mol. The Morgan fingerprint density at radius 1 is 0.879 bits per heavy atom. The second-order valence-electron chi connectivity index (χ2n) is 7.80. The van der Waals surface area contributed by atoms with Gasteiger partial charge in [-0.15, -0.1) is 0 Å². The first-order chi connectivity index (χ1) is 15.9. The third-order valence-electron chi connectivity index (χ3n) is 5.85. The average molecular weight is 440 g/mol. The molecule has 33 heavy (non-hydrogen) atoms. The second kappa shape index (κ2) is 7.59. The lowest BCUT2D eigenvalue weighted by Crippen LogP contribution is -2.24. The average Bonchev–Trinajstić information content (AvgIpc) is 3.45. The molecule has 1 aliphatic heterocycles. The van der Waals surface area contributed by atoms with Gasteiger partial charge in [0.15, 0.2) is 5.69 Å². The van der Waals surface area contributed by atoms with Gasteiger partial charge in [-0.2, -0.15) is 0 Å². The van der Waals surface area contributed by atoms with Gasteiger partial charge in [-0.05, 0) is 43.3 Å².